The van der Waals surface area contributed by atoms with Gasteiger partial charge in [-0.3, -0.25) is 4.79 Å². The first kappa shape index (κ1) is 17.3. The van der Waals surface area contributed by atoms with Crippen molar-refractivity contribution >= 4 is 11.6 Å². The summed E-state index contributed by atoms with van der Waals surface area (Å²) in [5.41, 5.74) is 4.32. The van der Waals surface area contributed by atoms with Crippen LogP contribution in [0.15, 0.2) is 48.5 Å². The molecule has 0 heterocycles. The van der Waals surface area contributed by atoms with E-state index in [0.29, 0.717) is 6.42 Å². The van der Waals surface area contributed by atoms with Gasteiger partial charge in [-0.15, -0.1) is 0 Å². The Morgan fingerprint density at radius 1 is 0.913 bits per heavy atom. The summed E-state index contributed by atoms with van der Waals surface area (Å²) in [5.74, 6) is 0.0925. The molecule has 0 radical (unpaired) electrons. The summed E-state index contributed by atoms with van der Waals surface area (Å²) in [6, 6.07) is 16.5. The maximum Gasteiger partial charge on any atom is 0.225 e. The van der Waals surface area contributed by atoms with E-state index < -0.39 is 0 Å². The molecule has 0 saturated heterocycles. The van der Waals surface area contributed by atoms with Crippen LogP contribution in [0.5, 0.6) is 0 Å². The minimum atomic E-state index is -0.0953. The zero-order valence-corrected chi connectivity index (χ0v) is 14.6. The highest BCUT2D eigenvalue weighted by molar-refractivity contribution is 5.93. The molecule has 0 saturated carbocycles. The summed E-state index contributed by atoms with van der Waals surface area (Å²) >= 11 is 0. The van der Waals surface area contributed by atoms with Crippen LogP contribution in [0, 0.1) is 13.8 Å². The smallest absolute Gasteiger partial charge is 0.225 e. The second-order valence-electron chi connectivity index (χ2n) is 6.35. The standard InChI is InChI=1S/C21H27NO/c1-5-21(6-2,18-13-8-7-9-14-18)15-19(23)22-20-16(3)11-10-12-17(20)4/h7-14H,5-6,15H2,1-4H3,(H,22,23). The summed E-state index contributed by atoms with van der Waals surface area (Å²) in [5, 5.41) is 3.13. The minimum Gasteiger partial charge on any atom is -0.326 e. The summed E-state index contributed by atoms with van der Waals surface area (Å²) in [6.07, 6.45) is 2.42. The van der Waals surface area contributed by atoms with Crippen LogP contribution in [0.4, 0.5) is 5.69 Å². The summed E-state index contributed by atoms with van der Waals surface area (Å²) in [7, 11) is 0. The predicted molar refractivity (Wildman–Crippen MR) is 97.9 cm³/mol. The molecule has 0 aliphatic rings. The lowest BCUT2D eigenvalue weighted by atomic mass is 9.73. The van der Waals surface area contributed by atoms with Gasteiger partial charge in [-0.25, -0.2) is 0 Å². The van der Waals surface area contributed by atoms with Gasteiger partial charge in [-0.2, -0.15) is 0 Å². The average Bonchev–Trinajstić information content (AvgIpc) is 2.57. The van der Waals surface area contributed by atoms with Crippen LogP contribution in [-0.4, -0.2) is 5.91 Å². The van der Waals surface area contributed by atoms with Gasteiger partial charge in [0.15, 0.2) is 0 Å². The number of nitrogens with one attached hydrogen (secondary N) is 1. The lowest BCUT2D eigenvalue weighted by Crippen LogP contribution is -2.31. The van der Waals surface area contributed by atoms with Crippen LogP contribution in [0.1, 0.15) is 49.8 Å². The third-order valence-electron chi connectivity index (χ3n) is 4.98. The first-order valence-electron chi connectivity index (χ1n) is 8.44. The monoisotopic (exact) mass is 309 g/mol. The molecule has 2 rings (SSSR count). The molecule has 122 valence electrons. The van der Waals surface area contributed by atoms with Gasteiger partial charge in [0.05, 0.1) is 0 Å². The number of aryl methyl sites for hydroxylation is 2. The number of rotatable bonds is 6. The molecule has 2 nitrogen and oxygen atoms in total. The molecule has 23 heavy (non-hydrogen) atoms. The average molecular weight is 309 g/mol. The van der Waals surface area contributed by atoms with Gasteiger partial charge < -0.3 is 5.32 Å². The number of hydrogen-bond acceptors (Lipinski definition) is 1. The summed E-state index contributed by atoms with van der Waals surface area (Å²) < 4.78 is 0. The zero-order valence-electron chi connectivity index (χ0n) is 14.6. The Kier molecular flexibility index (Phi) is 5.59. The van der Waals surface area contributed by atoms with Crippen LogP contribution in [0.25, 0.3) is 0 Å². The van der Waals surface area contributed by atoms with Crippen molar-refractivity contribution in [2.75, 3.05) is 5.32 Å². The minimum absolute atomic E-state index is 0.0925. The van der Waals surface area contributed by atoms with Gasteiger partial charge in [0, 0.05) is 17.5 Å². The lowest BCUT2D eigenvalue weighted by Gasteiger charge is -2.32. The van der Waals surface area contributed by atoms with E-state index in [1.807, 2.05) is 38.1 Å². The Morgan fingerprint density at radius 3 is 2.00 bits per heavy atom. The maximum atomic E-state index is 12.7. The van der Waals surface area contributed by atoms with E-state index in [0.717, 1.165) is 29.7 Å². The van der Waals surface area contributed by atoms with Crippen molar-refractivity contribution in [1.29, 1.82) is 0 Å². The molecule has 2 heteroatoms. The Balaban J connectivity index is 2.22. The van der Waals surface area contributed by atoms with E-state index in [1.165, 1.54) is 5.56 Å². The predicted octanol–water partition coefficient (Wildman–Crippen LogP) is 5.39. The molecule has 0 bridgehead atoms. The molecular weight excluding hydrogens is 282 g/mol. The van der Waals surface area contributed by atoms with Crippen molar-refractivity contribution in [3.8, 4) is 0 Å². The van der Waals surface area contributed by atoms with Gasteiger partial charge >= 0.3 is 0 Å². The first-order chi connectivity index (χ1) is 11.0. The van der Waals surface area contributed by atoms with Crippen LogP contribution in [0.3, 0.4) is 0 Å². The molecule has 0 aliphatic heterocycles. The molecule has 2 aromatic rings. The van der Waals surface area contributed by atoms with Gasteiger partial charge in [-0.05, 0) is 43.4 Å². The number of carbonyl (C=O) groups is 1. The Morgan fingerprint density at radius 2 is 1.48 bits per heavy atom. The summed E-state index contributed by atoms with van der Waals surface area (Å²) in [6.45, 7) is 8.41. The Hall–Kier alpha value is -2.09. The van der Waals surface area contributed by atoms with Crippen molar-refractivity contribution in [3.63, 3.8) is 0 Å². The van der Waals surface area contributed by atoms with E-state index in [1.54, 1.807) is 0 Å². The molecule has 0 unspecified atom stereocenters. The van der Waals surface area contributed by atoms with Gasteiger partial charge in [-0.1, -0.05) is 62.4 Å². The normalized spacial score (nSPS) is 11.3. The number of carbonyl (C=O) groups excluding carboxylic acids is 1. The van der Waals surface area contributed by atoms with Crippen molar-refractivity contribution in [3.05, 3.63) is 65.2 Å². The number of amides is 1. The van der Waals surface area contributed by atoms with E-state index in [9.17, 15) is 4.79 Å². The quantitative estimate of drug-likeness (QED) is 0.761. The highest BCUT2D eigenvalue weighted by atomic mass is 16.1. The van der Waals surface area contributed by atoms with Crippen LogP contribution in [-0.2, 0) is 10.2 Å². The van der Waals surface area contributed by atoms with E-state index in [-0.39, 0.29) is 11.3 Å². The van der Waals surface area contributed by atoms with Gasteiger partial charge in [0.1, 0.15) is 0 Å². The van der Waals surface area contributed by atoms with E-state index in [4.69, 9.17) is 0 Å². The lowest BCUT2D eigenvalue weighted by molar-refractivity contribution is -0.117. The molecule has 1 N–H and O–H groups in total. The summed E-state index contributed by atoms with van der Waals surface area (Å²) in [4.78, 5) is 12.7. The van der Waals surface area contributed by atoms with Gasteiger partial charge in [0.25, 0.3) is 0 Å². The molecule has 1 amide bonds. The van der Waals surface area contributed by atoms with Crippen LogP contribution >= 0.6 is 0 Å². The number of benzene rings is 2. The topological polar surface area (TPSA) is 29.1 Å². The second-order valence-corrected chi connectivity index (χ2v) is 6.35. The number of anilines is 1. The fourth-order valence-corrected chi connectivity index (χ4v) is 3.30. The molecule has 0 atom stereocenters. The maximum absolute atomic E-state index is 12.7. The first-order valence-corrected chi connectivity index (χ1v) is 8.44. The second kappa shape index (κ2) is 7.45. The largest absolute Gasteiger partial charge is 0.326 e. The van der Waals surface area contributed by atoms with Crippen molar-refractivity contribution in [2.45, 2.75) is 52.4 Å². The van der Waals surface area contributed by atoms with Crippen molar-refractivity contribution < 1.29 is 4.79 Å². The third-order valence-corrected chi connectivity index (χ3v) is 4.98. The van der Waals surface area contributed by atoms with E-state index >= 15 is 0 Å². The molecule has 0 fully saturated rings. The molecule has 0 aliphatic carbocycles. The highest BCUT2D eigenvalue weighted by Crippen LogP contribution is 2.35. The number of para-hydroxylation sites is 1. The van der Waals surface area contributed by atoms with Crippen LogP contribution in [0.2, 0.25) is 0 Å². The SMILES string of the molecule is CCC(CC)(CC(=O)Nc1c(C)cccc1C)c1ccccc1. The third kappa shape index (κ3) is 3.82. The molecule has 0 spiro atoms. The molecule has 2 aromatic carbocycles. The highest BCUT2D eigenvalue weighted by Gasteiger charge is 2.31. The van der Waals surface area contributed by atoms with E-state index in [2.05, 4.69) is 43.4 Å². The molecule has 0 aromatic heterocycles. The Labute approximate surface area is 139 Å². The molecular formula is C21H27NO. The van der Waals surface area contributed by atoms with Crippen molar-refractivity contribution in [2.24, 2.45) is 0 Å². The zero-order chi connectivity index (χ0) is 16.9. The van der Waals surface area contributed by atoms with Gasteiger partial charge in [0.2, 0.25) is 5.91 Å². The fraction of sp³-hybridized carbons (Fsp3) is 0.381. The number of hydrogen-bond donors (Lipinski definition) is 1. The Bertz CT molecular complexity index is 637. The van der Waals surface area contributed by atoms with Crippen molar-refractivity contribution in [1.82, 2.24) is 0 Å². The fourth-order valence-electron chi connectivity index (χ4n) is 3.30. The van der Waals surface area contributed by atoms with Crippen LogP contribution < -0.4 is 5.32 Å².